The van der Waals surface area contributed by atoms with Gasteiger partial charge < -0.3 is 15.0 Å². The number of hydrogen-bond donors (Lipinski definition) is 1. The zero-order chi connectivity index (χ0) is 12.7. The van der Waals surface area contributed by atoms with Crippen LogP contribution in [0.4, 0.5) is 0 Å². The summed E-state index contributed by atoms with van der Waals surface area (Å²) in [5, 5.41) is 3.61. The van der Waals surface area contributed by atoms with Crippen LogP contribution in [0, 0.1) is 5.41 Å². The average Bonchev–Trinajstić information content (AvgIpc) is 2.21. The zero-order valence-electron chi connectivity index (χ0n) is 11.8. The molecule has 0 radical (unpaired) electrons. The van der Waals surface area contributed by atoms with Crippen molar-refractivity contribution in [2.45, 2.75) is 26.3 Å². The molecular weight excluding hydrogens is 232 g/mol. The smallest absolute Gasteiger partial charge is 0.0593 e. The number of hydrogen-bond acceptors (Lipinski definition) is 4. The molecule has 4 heteroatoms. The Bertz CT molecular complexity index is 210. The number of likely N-dealkylation sites (N-methyl/N-ethyl adjacent to an activating group) is 1. The van der Waals surface area contributed by atoms with Crippen molar-refractivity contribution in [1.82, 2.24) is 10.2 Å². The molecule has 0 aromatic carbocycles. The average molecular weight is 260 g/mol. The molecule has 1 heterocycles. The Morgan fingerprint density at radius 3 is 2.76 bits per heavy atom. The predicted octanol–water partition coefficient (Wildman–Crippen LogP) is 1.69. The summed E-state index contributed by atoms with van der Waals surface area (Å²) in [6.45, 7) is 8.37. The fourth-order valence-corrected chi connectivity index (χ4v) is 3.39. The molecule has 0 spiro atoms. The highest BCUT2D eigenvalue weighted by Crippen LogP contribution is 2.33. The van der Waals surface area contributed by atoms with Gasteiger partial charge in [-0.05, 0) is 31.7 Å². The van der Waals surface area contributed by atoms with Crippen LogP contribution in [0.5, 0.6) is 0 Å². The summed E-state index contributed by atoms with van der Waals surface area (Å²) >= 11 is 2.07. The highest BCUT2D eigenvalue weighted by molar-refractivity contribution is 7.99. The second kappa shape index (κ2) is 7.62. The zero-order valence-corrected chi connectivity index (χ0v) is 12.6. The topological polar surface area (TPSA) is 24.5 Å². The van der Waals surface area contributed by atoms with E-state index in [0.29, 0.717) is 11.5 Å². The van der Waals surface area contributed by atoms with Gasteiger partial charge in [0, 0.05) is 24.9 Å². The van der Waals surface area contributed by atoms with Gasteiger partial charge in [0.1, 0.15) is 0 Å². The molecule has 1 unspecified atom stereocenters. The minimum absolute atomic E-state index is 0.492. The molecule has 3 nitrogen and oxygen atoms in total. The largest absolute Gasteiger partial charge is 0.379 e. The summed E-state index contributed by atoms with van der Waals surface area (Å²) in [5.74, 6) is 2.55. The first-order valence-corrected chi connectivity index (χ1v) is 7.69. The number of ether oxygens (including phenoxy) is 1. The second-order valence-electron chi connectivity index (χ2n) is 5.95. The summed E-state index contributed by atoms with van der Waals surface area (Å²) in [7, 11) is 4.14. The third kappa shape index (κ3) is 7.29. The molecule has 17 heavy (non-hydrogen) atoms. The lowest BCUT2D eigenvalue weighted by Crippen LogP contribution is -2.41. The number of nitrogens with zero attached hydrogens (tertiary/aromatic N) is 1. The van der Waals surface area contributed by atoms with E-state index >= 15 is 0 Å². The summed E-state index contributed by atoms with van der Waals surface area (Å²) < 4.78 is 5.58. The maximum absolute atomic E-state index is 5.58. The molecule has 1 aliphatic rings. The SMILES string of the molecule is CN(C)CCOCCNC1CSCC(C)(C)C1. The quantitative estimate of drug-likeness (QED) is 0.704. The van der Waals surface area contributed by atoms with Crippen molar-refractivity contribution in [2.24, 2.45) is 5.41 Å². The molecule has 1 aliphatic heterocycles. The van der Waals surface area contributed by atoms with Crippen LogP contribution in [-0.2, 0) is 4.74 Å². The van der Waals surface area contributed by atoms with Gasteiger partial charge in [0.15, 0.2) is 0 Å². The summed E-state index contributed by atoms with van der Waals surface area (Å²) in [5.41, 5.74) is 0.492. The molecule has 1 atom stereocenters. The van der Waals surface area contributed by atoms with Crippen LogP contribution in [0.1, 0.15) is 20.3 Å². The second-order valence-corrected chi connectivity index (χ2v) is 6.98. The van der Waals surface area contributed by atoms with Gasteiger partial charge >= 0.3 is 0 Å². The van der Waals surface area contributed by atoms with Crippen molar-refractivity contribution in [3.63, 3.8) is 0 Å². The lowest BCUT2D eigenvalue weighted by molar-refractivity contribution is 0.116. The number of thioether (sulfide) groups is 1. The van der Waals surface area contributed by atoms with Gasteiger partial charge in [-0.2, -0.15) is 11.8 Å². The molecule has 0 saturated carbocycles. The molecule has 0 aromatic heterocycles. The van der Waals surface area contributed by atoms with E-state index in [-0.39, 0.29) is 0 Å². The van der Waals surface area contributed by atoms with Gasteiger partial charge in [-0.25, -0.2) is 0 Å². The highest BCUT2D eigenvalue weighted by Gasteiger charge is 2.27. The minimum atomic E-state index is 0.492. The predicted molar refractivity (Wildman–Crippen MR) is 76.9 cm³/mol. The first-order chi connectivity index (χ1) is 7.99. The van der Waals surface area contributed by atoms with E-state index in [2.05, 4.69) is 49.9 Å². The molecule has 1 rings (SSSR count). The lowest BCUT2D eigenvalue weighted by Gasteiger charge is -2.35. The molecule has 102 valence electrons. The summed E-state index contributed by atoms with van der Waals surface area (Å²) in [4.78, 5) is 2.15. The van der Waals surface area contributed by atoms with Gasteiger partial charge in [-0.15, -0.1) is 0 Å². The number of rotatable bonds is 7. The normalized spacial score (nSPS) is 24.2. The Morgan fingerprint density at radius 1 is 1.35 bits per heavy atom. The molecule has 0 amide bonds. The first kappa shape index (κ1) is 15.3. The van der Waals surface area contributed by atoms with Crippen LogP contribution in [0.15, 0.2) is 0 Å². The van der Waals surface area contributed by atoms with Crippen molar-refractivity contribution >= 4 is 11.8 Å². The molecule has 1 fully saturated rings. The van der Waals surface area contributed by atoms with Gasteiger partial charge in [-0.3, -0.25) is 0 Å². The molecular formula is C13H28N2OS. The minimum Gasteiger partial charge on any atom is -0.379 e. The van der Waals surface area contributed by atoms with E-state index in [4.69, 9.17) is 4.74 Å². The van der Waals surface area contributed by atoms with E-state index < -0.39 is 0 Å². The van der Waals surface area contributed by atoms with Gasteiger partial charge in [0.25, 0.3) is 0 Å². The van der Waals surface area contributed by atoms with Crippen LogP contribution >= 0.6 is 11.8 Å². The van der Waals surface area contributed by atoms with Crippen LogP contribution in [0.2, 0.25) is 0 Å². The van der Waals surface area contributed by atoms with Crippen LogP contribution in [-0.4, -0.2) is 62.8 Å². The van der Waals surface area contributed by atoms with E-state index in [1.165, 1.54) is 17.9 Å². The first-order valence-electron chi connectivity index (χ1n) is 6.53. The van der Waals surface area contributed by atoms with E-state index in [9.17, 15) is 0 Å². The van der Waals surface area contributed by atoms with Crippen LogP contribution in [0.3, 0.4) is 0 Å². The maximum atomic E-state index is 5.58. The Hall–Kier alpha value is 0.230. The van der Waals surface area contributed by atoms with Crippen LogP contribution < -0.4 is 5.32 Å². The van der Waals surface area contributed by atoms with E-state index in [0.717, 1.165) is 26.3 Å². The summed E-state index contributed by atoms with van der Waals surface area (Å²) in [6.07, 6.45) is 1.29. The maximum Gasteiger partial charge on any atom is 0.0593 e. The monoisotopic (exact) mass is 260 g/mol. The van der Waals surface area contributed by atoms with Crippen molar-refractivity contribution in [3.05, 3.63) is 0 Å². The van der Waals surface area contributed by atoms with Crippen molar-refractivity contribution in [2.75, 3.05) is 51.9 Å². The number of nitrogens with one attached hydrogen (secondary N) is 1. The molecule has 0 aromatic rings. The van der Waals surface area contributed by atoms with E-state index in [1.54, 1.807) is 0 Å². The lowest BCUT2D eigenvalue weighted by atomic mass is 9.88. The summed E-state index contributed by atoms with van der Waals surface area (Å²) in [6, 6.07) is 0.668. The molecule has 1 N–H and O–H groups in total. The van der Waals surface area contributed by atoms with E-state index in [1.807, 2.05) is 0 Å². The third-order valence-electron chi connectivity index (χ3n) is 2.97. The molecule has 1 saturated heterocycles. The van der Waals surface area contributed by atoms with Crippen molar-refractivity contribution in [3.8, 4) is 0 Å². The van der Waals surface area contributed by atoms with Gasteiger partial charge in [0.2, 0.25) is 0 Å². The van der Waals surface area contributed by atoms with Gasteiger partial charge in [0.05, 0.1) is 13.2 Å². The molecule has 0 bridgehead atoms. The van der Waals surface area contributed by atoms with Gasteiger partial charge in [-0.1, -0.05) is 13.8 Å². The van der Waals surface area contributed by atoms with Crippen molar-refractivity contribution in [1.29, 1.82) is 0 Å². The Labute approximate surface area is 111 Å². The Kier molecular flexibility index (Phi) is 6.85. The highest BCUT2D eigenvalue weighted by atomic mass is 32.2. The standard InChI is InChI=1S/C13H28N2OS/c1-13(2)9-12(10-17-11-13)14-5-7-16-8-6-15(3)4/h12,14H,5-11H2,1-4H3. The van der Waals surface area contributed by atoms with Crippen molar-refractivity contribution < 1.29 is 4.74 Å². The fourth-order valence-electron chi connectivity index (χ4n) is 2.08. The Morgan fingerprint density at radius 2 is 2.12 bits per heavy atom. The Balaban J connectivity index is 1.99. The third-order valence-corrected chi connectivity index (χ3v) is 4.60. The van der Waals surface area contributed by atoms with Crippen LogP contribution in [0.25, 0.3) is 0 Å². The molecule has 0 aliphatic carbocycles. The fraction of sp³-hybridized carbons (Fsp3) is 1.00.